The average molecular weight is 307 g/mol. The van der Waals surface area contributed by atoms with E-state index in [-0.39, 0.29) is 11.9 Å². The maximum atomic E-state index is 11.5. The van der Waals surface area contributed by atoms with E-state index in [0.29, 0.717) is 18.3 Å². The van der Waals surface area contributed by atoms with Crippen molar-refractivity contribution in [3.63, 3.8) is 0 Å². The molecule has 3 heterocycles. The normalized spacial score (nSPS) is 17.0. The second-order valence-electron chi connectivity index (χ2n) is 5.05. The summed E-state index contributed by atoms with van der Waals surface area (Å²) in [6.45, 7) is 2.32. The van der Waals surface area contributed by atoms with Gasteiger partial charge in [0.2, 0.25) is 5.89 Å². The van der Waals surface area contributed by atoms with Gasteiger partial charge in [-0.1, -0.05) is 6.07 Å². The van der Waals surface area contributed by atoms with E-state index < -0.39 is 0 Å². The van der Waals surface area contributed by atoms with Crippen LogP contribution in [0.5, 0.6) is 0 Å². The Morgan fingerprint density at radius 1 is 1.48 bits per heavy atom. The number of hydrogen-bond donors (Lipinski definition) is 0. The molecule has 7 heteroatoms. The third-order valence-corrected chi connectivity index (χ3v) is 4.54. The molecule has 1 saturated heterocycles. The van der Waals surface area contributed by atoms with Gasteiger partial charge in [0.1, 0.15) is 0 Å². The minimum Gasteiger partial charge on any atom is -0.469 e. The second kappa shape index (κ2) is 6.36. The SMILES string of the molecule is COC(=O)C1CCN(Cc2nnc(-c3cccs3)o2)CC1. The number of nitrogens with zero attached hydrogens (tertiary/aromatic N) is 3. The third kappa shape index (κ3) is 3.30. The summed E-state index contributed by atoms with van der Waals surface area (Å²) in [5.74, 6) is 1.11. The molecule has 0 radical (unpaired) electrons. The van der Waals surface area contributed by atoms with Crippen LogP contribution in [-0.4, -0.2) is 41.3 Å². The molecule has 0 N–H and O–H groups in total. The van der Waals surface area contributed by atoms with Crippen LogP contribution in [0.25, 0.3) is 10.8 Å². The number of likely N-dealkylation sites (tertiary alicyclic amines) is 1. The highest BCUT2D eigenvalue weighted by molar-refractivity contribution is 7.13. The summed E-state index contributed by atoms with van der Waals surface area (Å²) in [7, 11) is 1.44. The van der Waals surface area contributed by atoms with Gasteiger partial charge in [0.25, 0.3) is 5.89 Å². The van der Waals surface area contributed by atoms with Crippen molar-refractivity contribution < 1.29 is 13.9 Å². The number of carbonyl (C=O) groups is 1. The fourth-order valence-electron chi connectivity index (χ4n) is 2.50. The number of thiophene rings is 1. The molecule has 1 aliphatic rings. The van der Waals surface area contributed by atoms with E-state index in [9.17, 15) is 4.79 Å². The summed E-state index contributed by atoms with van der Waals surface area (Å²) < 4.78 is 10.5. The van der Waals surface area contributed by atoms with Crippen molar-refractivity contribution in [2.45, 2.75) is 19.4 Å². The molecule has 2 aromatic rings. The van der Waals surface area contributed by atoms with Crippen LogP contribution in [0.2, 0.25) is 0 Å². The molecule has 0 saturated carbocycles. The van der Waals surface area contributed by atoms with E-state index in [4.69, 9.17) is 9.15 Å². The predicted molar refractivity (Wildman–Crippen MR) is 77.6 cm³/mol. The molecule has 6 nitrogen and oxygen atoms in total. The van der Waals surface area contributed by atoms with Crippen molar-refractivity contribution in [3.8, 4) is 10.8 Å². The first kappa shape index (κ1) is 14.2. The van der Waals surface area contributed by atoms with Gasteiger partial charge in [-0.05, 0) is 37.4 Å². The monoisotopic (exact) mass is 307 g/mol. The Kier molecular flexibility index (Phi) is 4.31. The number of aromatic nitrogens is 2. The van der Waals surface area contributed by atoms with Crippen LogP contribution in [0.4, 0.5) is 0 Å². The summed E-state index contributed by atoms with van der Waals surface area (Å²) in [6, 6.07) is 3.92. The number of esters is 1. The Labute approximate surface area is 126 Å². The first-order chi connectivity index (χ1) is 10.3. The van der Waals surface area contributed by atoms with Crippen LogP contribution in [-0.2, 0) is 16.1 Å². The number of ether oxygens (including phenoxy) is 1. The van der Waals surface area contributed by atoms with E-state index in [1.165, 1.54) is 7.11 Å². The second-order valence-corrected chi connectivity index (χ2v) is 6.00. The fourth-order valence-corrected chi connectivity index (χ4v) is 3.15. The Bertz CT molecular complexity index is 588. The molecule has 0 aliphatic carbocycles. The van der Waals surface area contributed by atoms with Gasteiger partial charge in [0.15, 0.2) is 0 Å². The number of piperidine rings is 1. The van der Waals surface area contributed by atoms with Crippen molar-refractivity contribution in [1.29, 1.82) is 0 Å². The van der Waals surface area contributed by atoms with E-state index >= 15 is 0 Å². The molecule has 0 amide bonds. The van der Waals surface area contributed by atoms with E-state index in [1.807, 2.05) is 17.5 Å². The van der Waals surface area contributed by atoms with Crippen molar-refractivity contribution in [2.24, 2.45) is 5.92 Å². The third-order valence-electron chi connectivity index (χ3n) is 3.68. The lowest BCUT2D eigenvalue weighted by Crippen LogP contribution is -2.36. The van der Waals surface area contributed by atoms with Crippen LogP contribution in [0.3, 0.4) is 0 Å². The number of carbonyl (C=O) groups excluding carboxylic acids is 1. The van der Waals surface area contributed by atoms with Gasteiger partial charge in [-0.15, -0.1) is 21.5 Å². The molecule has 0 aromatic carbocycles. The van der Waals surface area contributed by atoms with Crippen LogP contribution in [0.15, 0.2) is 21.9 Å². The topological polar surface area (TPSA) is 68.5 Å². The van der Waals surface area contributed by atoms with Gasteiger partial charge in [-0.25, -0.2) is 0 Å². The zero-order chi connectivity index (χ0) is 14.7. The maximum Gasteiger partial charge on any atom is 0.308 e. The van der Waals surface area contributed by atoms with Gasteiger partial charge >= 0.3 is 5.97 Å². The lowest BCUT2D eigenvalue weighted by atomic mass is 9.97. The Hall–Kier alpha value is -1.73. The van der Waals surface area contributed by atoms with Crippen molar-refractivity contribution >= 4 is 17.3 Å². The molecule has 0 bridgehead atoms. The molecule has 1 aliphatic heterocycles. The number of hydrogen-bond acceptors (Lipinski definition) is 7. The molecule has 0 spiro atoms. The molecule has 112 valence electrons. The molecular formula is C14H17N3O3S. The standard InChI is InChI=1S/C14H17N3O3S/c1-19-14(18)10-4-6-17(7-5-10)9-12-15-16-13(20-12)11-3-2-8-21-11/h2-3,8,10H,4-7,9H2,1H3. The first-order valence-corrected chi connectivity index (χ1v) is 7.80. The summed E-state index contributed by atoms with van der Waals surface area (Å²) in [5.41, 5.74) is 0. The number of rotatable bonds is 4. The molecule has 2 aromatic heterocycles. The predicted octanol–water partition coefficient (Wildman–Crippen LogP) is 2.18. The highest BCUT2D eigenvalue weighted by Gasteiger charge is 2.26. The number of methoxy groups -OCH3 is 1. The first-order valence-electron chi connectivity index (χ1n) is 6.92. The molecule has 1 fully saturated rings. The highest BCUT2D eigenvalue weighted by Crippen LogP contribution is 2.24. The minimum absolute atomic E-state index is 0.0237. The summed E-state index contributed by atoms with van der Waals surface area (Å²) >= 11 is 1.58. The Morgan fingerprint density at radius 2 is 2.29 bits per heavy atom. The van der Waals surface area contributed by atoms with Gasteiger partial charge in [-0.3, -0.25) is 9.69 Å². The minimum atomic E-state index is -0.104. The Morgan fingerprint density at radius 3 is 2.95 bits per heavy atom. The van der Waals surface area contributed by atoms with Crippen LogP contribution < -0.4 is 0 Å². The van der Waals surface area contributed by atoms with Crippen LogP contribution in [0, 0.1) is 5.92 Å². The maximum absolute atomic E-state index is 11.5. The smallest absolute Gasteiger partial charge is 0.308 e. The van der Waals surface area contributed by atoms with E-state index in [1.54, 1.807) is 11.3 Å². The van der Waals surface area contributed by atoms with Crippen molar-refractivity contribution in [1.82, 2.24) is 15.1 Å². The zero-order valence-corrected chi connectivity index (χ0v) is 12.6. The van der Waals surface area contributed by atoms with E-state index in [0.717, 1.165) is 30.8 Å². The van der Waals surface area contributed by atoms with Crippen LogP contribution in [0.1, 0.15) is 18.7 Å². The highest BCUT2D eigenvalue weighted by atomic mass is 32.1. The van der Waals surface area contributed by atoms with Gasteiger partial charge in [0, 0.05) is 0 Å². The largest absolute Gasteiger partial charge is 0.469 e. The van der Waals surface area contributed by atoms with Gasteiger partial charge < -0.3 is 9.15 Å². The molecule has 21 heavy (non-hydrogen) atoms. The van der Waals surface area contributed by atoms with Crippen molar-refractivity contribution in [2.75, 3.05) is 20.2 Å². The zero-order valence-electron chi connectivity index (χ0n) is 11.8. The molecule has 3 rings (SSSR count). The molecule has 0 atom stereocenters. The average Bonchev–Trinajstić information content (AvgIpc) is 3.18. The summed E-state index contributed by atoms with van der Waals surface area (Å²) in [5, 5.41) is 10.1. The van der Waals surface area contributed by atoms with Gasteiger partial charge in [0.05, 0.1) is 24.4 Å². The lowest BCUT2D eigenvalue weighted by molar-refractivity contribution is -0.147. The Balaban J connectivity index is 1.55. The fraction of sp³-hybridized carbons (Fsp3) is 0.500. The molecular weight excluding hydrogens is 290 g/mol. The van der Waals surface area contributed by atoms with Crippen LogP contribution >= 0.6 is 11.3 Å². The van der Waals surface area contributed by atoms with E-state index in [2.05, 4.69) is 15.1 Å². The molecule has 0 unspecified atom stereocenters. The van der Waals surface area contributed by atoms with Crippen molar-refractivity contribution in [3.05, 3.63) is 23.4 Å². The van der Waals surface area contributed by atoms with Gasteiger partial charge in [-0.2, -0.15) is 0 Å². The summed E-state index contributed by atoms with van der Waals surface area (Å²) in [4.78, 5) is 14.7. The lowest BCUT2D eigenvalue weighted by Gasteiger charge is -2.29. The summed E-state index contributed by atoms with van der Waals surface area (Å²) in [6.07, 6.45) is 1.64. The quantitative estimate of drug-likeness (QED) is 0.807.